The number of rotatable bonds is 7. The van der Waals surface area contributed by atoms with Crippen molar-refractivity contribution in [3.05, 3.63) is 53.8 Å². The van der Waals surface area contributed by atoms with Gasteiger partial charge in [0.2, 0.25) is 5.91 Å². The standard InChI is InChI=1S/C18H18F4N2O3/c1-26-12(10-23)9-17(25)24-11-6-7-16(14(19)8-11)27-15-5-3-2-4-13(15)18(20,21)22/h2-8,12H,9-10,23H2,1H3,(H,24,25). The Labute approximate surface area is 153 Å². The highest BCUT2D eigenvalue weighted by molar-refractivity contribution is 5.91. The molecule has 5 nitrogen and oxygen atoms in total. The van der Waals surface area contributed by atoms with Crippen LogP contribution in [0.3, 0.4) is 0 Å². The van der Waals surface area contributed by atoms with Gasteiger partial charge in [0.05, 0.1) is 18.1 Å². The predicted molar refractivity (Wildman–Crippen MR) is 91.0 cm³/mol. The van der Waals surface area contributed by atoms with E-state index in [0.29, 0.717) is 0 Å². The average molecular weight is 386 g/mol. The Balaban J connectivity index is 2.13. The minimum Gasteiger partial charge on any atom is -0.454 e. The second-order valence-electron chi connectivity index (χ2n) is 5.59. The van der Waals surface area contributed by atoms with E-state index >= 15 is 0 Å². The molecule has 0 aliphatic rings. The Hall–Kier alpha value is -2.65. The van der Waals surface area contributed by atoms with E-state index in [9.17, 15) is 22.4 Å². The third-order valence-corrected chi connectivity index (χ3v) is 3.64. The highest BCUT2D eigenvalue weighted by atomic mass is 19.4. The Morgan fingerprint density at radius 3 is 2.48 bits per heavy atom. The van der Waals surface area contributed by atoms with Crippen LogP contribution in [0.2, 0.25) is 0 Å². The molecule has 1 amide bonds. The first-order valence-corrected chi connectivity index (χ1v) is 7.91. The first-order chi connectivity index (χ1) is 12.7. The van der Waals surface area contributed by atoms with Crippen molar-refractivity contribution >= 4 is 11.6 Å². The Kier molecular flexibility index (Phi) is 6.75. The fourth-order valence-corrected chi connectivity index (χ4v) is 2.25. The van der Waals surface area contributed by atoms with Gasteiger partial charge in [0.25, 0.3) is 0 Å². The number of para-hydroxylation sites is 1. The van der Waals surface area contributed by atoms with E-state index in [1.165, 1.54) is 25.3 Å². The lowest BCUT2D eigenvalue weighted by molar-refractivity contribution is -0.138. The number of nitrogens with one attached hydrogen (secondary N) is 1. The molecular weight excluding hydrogens is 368 g/mol. The summed E-state index contributed by atoms with van der Waals surface area (Å²) in [4.78, 5) is 11.9. The molecular formula is C18H18F4N2O3. The number of benzene rings is 2. The normalized spacial score (nSPS) is 12.5. The number of carbonyl (C=O) groups is 1. The number of amides is 1. The average Bonchev–Trinajstić information content (AvgIpc) is 2.61. The van der Waals surface area contributed by atoms with Gasteiger partial charge in [0.15, 0.2) is 11.6 Å². The van der Waals surface area contributed by atoms with E-state index in [2.05, 4.69) is 5.32 Å². The molecule has 0 spiro atoms. The minimum atomic E-state index is -4.64. The van der Waals surface area contributed by atoms with E-state index < -0.39 is 41.1 Å². The molecule has 146 valence electrons. The summed E-state index contributed by atoms with van der Waals surface area (Å²) in [6.45, 7) is 0.143. The zero-order valence-electron chi connectivity index (χ0n) is 14.3. The number of methoxy groups -OCH3 is 1. The molecule has 0 saturated heterocycles. The van der Waals surface area contributed by atoms with E-state index in [0.717, 1.165) is 24.3 Å². The number of halogens is 4. The number of alkyl halides is 3. The van der Waals surface area contributed by atoms with Crippen LogP contribution in [0.4, 0.5) is 23.2 Å². The maximum Gasteiger partial charge on any atom is 0.419 e. The lowest BCUT2D eigenvalue weighted by atomic mass is 10.2. The lowest BCUT2D eigenvalue weighted by Gasteiger charge is -2.15. The van der Waals surface area contributed by atoms with Crippen LogP contribution in [0.15, 0.2) is 42.5 Å². The predicted octanol–water partition coefficient (Wildman–Crippen LogP) is 3.94. The Morgan fingerprint density at radius 1 is 1.19 bits per heavy atom. The third kappa shape index (κ3) is 5.66. The van der Waals surface area contributed by atoms with Crippen LogP contribution in [0.1, 0.15) is 12.0 Å². The first-order valence-electron chi connectivity index (χ1n) is 7.91. The topological polar surface area (TPSA) is 73.6 Å². The van der Waals surface area contributed by atoms with Crippen LogP contribution < -0.4 is 15.8 Å². The monoisotopic (exact) mass is 386 g/mol. The van der Waals surface area contributed by atoms with Crippen molar-refractivity contribution in [3.8, 4) is 11.5 Å². The summed E-state index contributed by atoms with van der Waals surface area (Å²) in [5, 5.41) is 2.46. The van der Waals surface area contributed by atoms with Crippen molar-refractivity contribution < 1.29 is 31.8 Å². The number of anilines is 1. The Morgan fingerprint density at radius 2 is 1.89 bits per heavy atom. The van der Waals surface area contributed by atoms with Gasteiger partial charge < -0.3 is 20.5 Å². The van der Waals surface area contributed by atoms with Gasteiger partial charge in [-0.25, -0.2) is 4.39 Å². The summed E-state index contributed by atoms with van der Waals surface area (Å²) in [7, 11) is 1.41. The van der Waals surface area contributed by atoms with Gasteiger partial charge in [0, 0.05) is 25.4 Å². The second-order valence-corrected chi connectivity index (χ2v) is 5.59. The summed E-state index contributed by atoms with van der Waals surface area (Å²) in [6, 6.07) is 7.89. The van der Waals surface area contributed by atoms with Gasteiger partial charge in [0.1, 0.15) is 5.75 Å². The van der Waals surface area contributed by atoms with Crippen LogP contribution in [-0.2, 0) is 15.7 Å². The first kappa shape index (κ1) is 20.7. The number of hydrogen-bond donors (Lipinski definition) is 2. The van der Waals surface area contributed by atoms with Crippen molar-refractivity contribution in [2.75, 3.05) is 19.0 Å². The fourth-order valence-electron chi connectivity index (χ4n) is 2.25. The largest absolute Gasteiger partial charge is 0.454 e. The maximum atomic E-state index is 14.2. The van der Waals surface area contributed by atoms with Gasteiger partial charge >= 0.3 is 6.18 Å². The molecule has 2 aromatic rings. The van der Waals surface area contributed by atoms with Crippen LogP contribution in [-0.4, -0.2) is 25.7 Å². The van der Waals surface area contributed by atoms with Gasteiger partial charge in [-0.2, -0.15) is 13.2 Å². The number of carbonyl (C=O) groups excluding carboxylic acids is 1. The number of ether oxygens (including phenoxy) is 2. The van der Waals surface area contributed by atoms with Crippen molar-refractivity contribution in [1.29, 1.82) is 0 Å². The molecule has 0 aliphatic heterocycles. The summed E-state index contributed by atoms with van der Waals surface area (Å²) in [5.41, 5.74) is 4.53. The zero-order chi connectivity index (χ0) is 20.0. The minimum absolute atomic E-state index is 0.0220. The van der Waals surface area contributed by atoms with Gasteiger partial charge in [-0.3, -0.25) is 4.79 Å². The fraction of sp³-hybridized carbons (Fsp3) is 0.278. The summed E-state index contributed by atoms with van der Waals surface area (Å²) < 4.78 is 63.2. The molecule has 1 unspecified atom stereocenters. The smallest absolute Gasteiger partial charge is 0.419 e. The molecule has 0 saturated carbocycles. The maximum absolute atomic E-state index is 14.2. The molecule has 2 aromatic carbocycles. The van der Waals surface area contributed by atoms with Crippen molar-refractivity contribution in [2.24, 2.45) is 5.73 Å². The molecule has 0 bridgehead atoms. The molecule has 3 N–H and O–H groups in total. The van der Waals surface area contributed by atoms with Gasteiger partial charge in [-0.05, 0) is 24.3 Å². The molecule has 2 rings (SSSR count). The Bertz CT molecular complexity index is 792. The number of hydrogen-bond acceptors (Lipinski definition) is 4. The van der Waals surface area contributed by atoms with Gasteiger partial charge in [-0.15, -0.1) is 0 Å². The molecule has 27 heavy (non-hydrogen) atoms. The molecule has 9 heteroatoms. The zero-order valence-corrected chi connectivity index (χ0v) is 14.3. The van der Waals surface area contributed by atoms with E-state index in [4.69, 9.17) is 15.2 Å². The molecule has 0 fully saturated rings. The third-order valence-electron chi connectivity index (χ3n) is 3.64. The highest BCUT2D eigenvalue weighted by Crippen LogP contribution is 2.38. The van der Waals surface area contributed by atoms with Crippen LogP contribution >= 0.6 is 0 Å². The van der Waals surface area contributed by atoms with Crippen LogP contribution in [0.5, 0.6) is 11.5 Å². The summed E-state index contributed by atoms with van der Waals surface area (Å²) >= 11 is 0. The van der Waals surface area contributed by atoms with E-state index in [1.54, 1.807) is 0 Å². The highest BCUT2D eigenvalue weighted by Gasteiger charge is 2.34. The van der Waals surface area contributed by atoms with Crippen LogP contribution in [0, 0.1) is 5.82 Å². The molecule has 0 heterocycles. The van der Waals surface area contributed by atoms with Gasteiger partial charge in [-0.1, -0.05) is 12.1 Å². The lowest BCUT2D eigenvalue weighted by Crippen LogP contribution is -2.28. The van der Waals surface area contributed by atoms with E-state index in [1.807, 2.05) is 0 Å². The van der Waals surface area contributed by atoms with Crippen LogP contribution in [0.25, 0.3) is 0 Å². The molecule has 0 radical (unpaired) electrons. The van der Waals surface area contributed by atoms with E-state index in [-0.39, 0.29) is 18.7 Å². The quantitative estimate of drug-likeness (QED) is 0.707. The molecule has 0 aromatic heterocycles. The second kappa shape index (κ2) is 8.83. The van der Waals surface area contributed by atoms with Crippen molar-refractivity contribution in [1.82, 2.24) is 0 Å². The summed E-state index contributed by atoms with van der Waals surface area (Å²) in [5.74, 6) is -2.29. The van der Waals surface area contributed by atoms with Crippen molar-refractivity contribution in [2.45, 2.75) is 18.7 Å². The number of nitrogens with two attached hydrogens (primary N) is 1. The summed E-state index contributed by atoms with van der Waals surface area (Å²) in [6.07, 6.45) is -5.13. The molecule has 0 aliphatic carbocycles. The van der Waals surface area contributed by atoms with Crippen molar-refractivity contribution in [3.63, 3.8) is 0 Å². The SMILES string of the molecule is COC(CN)CC(=O)Nc1ccc(Oc2ccccc2C(F)(F)F)c(F)c1. The molecule has 1 atom stereocenters.